The minimum Gasteiger partial charge on any atom is -0.443 e. The van der Waals surface area contributed by atoms with Crippen LogP contribution in [0.25, 0.3) is 0 Å². The average molecular weight is 447 g/mol. The number of nitrogens with zero attached hydrogens (tertiary/aromatic N) is 1. The first kappa shape index (κ1) is 25.4. The fourth-order valence-corrected chi connectivity index (χ4v) is 5.03. The zero-order valence-corrected chi connectivity index (χ0v) is 19.5. The normalized spacial score (nSPS) is 12.5. The second-order valence-corrected chi connectivity index (χ2v) is 11.2. The van der Waals surface area contributed by atoms with Gasteiger partial charge in [-0.15, -0.1) is 0 Å². The zero-order valence-electron chi connectivity index (χ0n) is 17.8. The van der Waals surface area contributed by atoms with Gasteiger partial charge in [-0.3, -0.25) is 4.57 Å². The third-order valence-corrected chi connectivity index (χ3v) is 7.36. The van der Waals surface area contributed by atoms with Crippen LogP contribution in [0, 0.1) is 6.92 Å². The van der Waals surface area contributed by atoms with E-state index < -0.39 is 35.9 Å². The molecule has 0 radical (unpaired) electrons. The molecule has 0 aliphatic rings. The third kappa shape index (κ3) is 6.96. The van der Waals surface area contributed by atoms with Gasteiger partial charge in [0.25, 0.3) is 10.0 Å². The molecular weight excluding hydrogens is 417 g/mol. The number of sulfonamides is 1. The van der Waals surface area contributed by atoms with E-state index >= 15 is 0 Å². The van der Waals surface area contributed by atoms with Crippen LogP contribution >= 0.6 is 7.60 Å². The van der Waals surface area contributed by atoms with Crippen LogP contribution in [-0.2, 0) is 28.4 Å². The third-order valence-electron chi connectivity index (χ3n) is 3.52. The summed E-state index contributed by atoms with van der Waals surface area (Å²) in [5.74, 6) is 0. The number of rotatable bonds is 9. The summed E-state index contributed by atoms with van der Waals surface area (Å²) in [5.41, 5.74) is -0.0856. The van der Waals surface area contributed by atoms with Crippen molar-refractivity contribution in [2.75, 3.05) is 19.8 Å². The molecule has 0 bridgehead atoms. The molecule has 0 spiro atoms. The first-order valence-corrected chi connectivity index (χ1v) is 12.1. The molecule has 0 fully saturated rings. The smallest absolute Gasteiger partial charge is 0.424 e. The molecule has 164 valence electrons. The number of ether oxygens (including phenoxy) is 1. The Bertz CT molecular complexity index is 863. The van der Waals surface area contributed by atoms with E-state index in [4.69, 9.17) is 13.8 Å². The van der Waals surface area contributed by atoms with Gasteiger partial charge in [0, 0.05) is 0 Å². The summed E-state index contributed by atoms with van der Waals surface area (Å²) in [4.78, 5) is 12.6. The largest absolute Gasteiger partial charge is 0.443 e. The van der Waals surface area contributed by atoms with Gasteiger partial charge in [-0.25, -0.2) is 13.2 Å². The highest BCUT2D eigenvalue weighted by molar-refractivity contribution is 7.89. The van der Waals surface area contributed by atoms with Crippen LogP contribution in [-0.4, -0.2) is 44.2 Å². The van der Waals surface area contributed by atoms with Crippen LogP contribution in [0.4, 0.5) is 4.79 Å². The Balaban J connectivity index is 3.38. The molecule has 0 saturated carbocycles. The fourth-order valence-electron chi connectivity index (χ4n) is 2.21. The Morgan fingerprint density at radius 3 is 2.00 bits per heavy atom. The SMILES string of the molecule is C=C(CN(C(=O)OC(C)(C)C)S(=O)(=O)c1ccc(C)cc1)P(=O)(OCC)OCC. The molecule has 0 aliphatic heterocycles. The van der Waals surface area contributed by atoms with Crippen molar-refractivity contribution >= 4 is 23.7 Å². The average Bonchev–Trinajstić information content (AvgIpc) is 2.58. The van der Waals surface area contributed by atoms with E-state index in [0.717, 1.165) is 5.56 Å². The Kier molecular flexibility index (Phi) is 8.65. The molecule has 1 aromatic rings. The van der Waals surface area contributed by atoms with E-state index in [1.807, 2.05) is 6.92 Å². The molecule has 0 atom stereocenters. The van der Waals surface area contributed by atoms with Crippen molar-refractivity contribution in [2.45, 2.75) is 52.0 Å². The predicted molar refractivity (Wildman–Crippen MR) is 111 cm³/mol. The molecule has 8 nitrogen and oxygen atoms in total. The molecule has 0 N–H and O–H groups in total. The maximum absolute atomic E-state index is 13.2. The van der Waals surface area contributed by atoms with Crippen LogP contribution in [0.15, 0.2) is 41.1 Å². The van der Waals surface area contributed by atoms with E-state index in [1.54, 1.807) is 46.8 Å². The number of hydrogen-bond donors (Lipinski definition) is 0. The Morgan fingerprint density at radius 1 is 1.10 bits per heavy atom. The molecule has 0 saturated heterocycles. The summed E-state index contributed by atoms with van der Waals surface area (Å²) >= 11 is 0. The predicted octanol–water partition coefficient (Wildman–Crippen LogP) is 4.70. The van der Waals surface area contributed by atoms with Gasteiger partial charge in [0.1, 0.15) is 5.60 Å². The summed E-state index contributed by atoms with van der Waals surface area (Å²) < 4.78 is 55.4. The van der Waals surface area contributed by atoms with E-state index in [9.17, 15) is 17.8 Å². The molecule has 10 heteroatoms. The van der Waals surface area contributed by atoms with Crippen LogP contribution in [0.1, 0.15) is 40.2 Å². The molecule has 1 aromatic carbocycles. The van der Waals surface area contributed by atoms with Crippen molar-refractivity contribution in [3.63, 3.8) is 0 Å². The highest BCUT2D eigenvalue weighted by Gasteiger charge is 2.38. The molecule has 1 amide bonds. The van der Waals surface area contributed by atoms with Gasteiger partial charge >= 0.3 is 13.7 Å². The van der Waals surface area contributed by atoms with Crippen LogP contribution < -0.4 is 0 Å². The summed E-state index contributed by atoms with van der Waals surface area (Å²) in [6, 6.07) is 5.99. The topological polar surface area (TPSA) is 99.2 Å². The molecule has 0 aromatic heterocycles. The van der Waals surface area contributed by atoms with Crippen molar-refractivity contribution in [2.24, 2.45) is 0 Å². The standard InChI is InChI=1S/C19H30NO7PS/c1-8-25-28(22,26-9-2)16(4)14-20(18(21)27-19(5,6)7)29(23,24)17-12-10-15(3)11-13-17/h10-13H,4,8-9,14H2,1-3,5-7H3. The quantitative estimate of drug-likeness (QED) is 0.506. The van der Waals surface area contributed by atoms with Gasteiger partial charge < -0.3 is 13.8 Å². The Hall–Kier alpha value is -1.67. The monoisotopic (exact) mass is 447 g/mol. The van der Waals surface area contributed by atoms with Crippen LogP contribution in [0.3, 0.4) is 0 Å². The number of benzene rings is 1. The maximum Gasteiger partial charge on any atom is 0.424 e. The summed E-state index contributed by atoms with van der Waals surface area (Å²) in [6.45, 7) is 13.1. The molecule has 0 unspecified atom stereocenters. The van der Waals surface area contributed by atoms with Gasteiger partial charge in [0.15, 0.2) is 0 Å². The van der Waals surface area contributed by atoms with Crippen molar-refractivity contribution < 1.29 is 31.6 Å². The van der Waals surface area contributed by atoms with E-state index in [2.05, 4.69) is 6.58 Å². The van der Waals surface area contributed by atoms with E-state index in [-0.39, 0.29) is 23.4 Å². The molecular formula is C19H30NO7PS. The zero-order chi connectivity index (χ0) is 22.5. The van der Waals surface area contributed by atoms with Gasteiger partial charge in [0.05, 0.1) is 30.0 Å². The first-order valence-electron chi connectivity index (χ1n) is 9.16. The Labute approximate surface area is 173 Å². The van der Waals surface area contributed by atoms with Crippen molar-refractivity contribution in [3.05, 3.63) is 41.7 Å². The van der Waals surface area contributed by atoms with Gasteiger partial charge in [-0.05, 0) is 53.7 Å². The molecule has 1 rings (SSSR count). The summed E-state index contributed by atoms with van der Waals surface area (Å²) in [7, 11) is -8.14. The van der Waals surface area contributed by atoms with E-state index in [1.165, 1.54) is 12.1 Å². The second kappa shape index (κ2) is 9.89. The minimum absolute atomic E-state index is 0.0629. The van der Waals surface area contributed by atoms with E-state index in [0.29, 0.717) is 4.31 Å². The van der Waals surface area contributed by atoms with Crippen molar-refractivity contribution in [3.8, 4) is 0 Å². The first-order chi connectivity index (χ1) is 13.3. The minimum atomic E-state index is -4.31. The lowest BCUT2D eigenvalue weighted by Crippen LogP contribution is -2.41. The summed E-state index contributed by atoms with van der Waals surface area (Å²) in [6.07, 6.45) is -1.11. The molecule has 29 heavy (non-hydrogen) atoms. The molecule has 0 heterocycles. The lowest BCUT2D eigenvalue weighted by molar-refractivity contribution is 0.0402. The van der Waals surface area contributed by atoms with Gasteiger partial charge in [-0.1, -0.05) is 24.3 Å². The van der Waals surface area contributed by atoms with Gasteiger partial charge in [-0.2, -0.15) is 4.31 Å². The second-order valence-electron chi connectivity index (χ2n) is 7.20. The Morgan fingerprint density at radius 2 is 1.59 bits per heavy atom. The lowest BCUT2D eigenvalue weighted by Gasteiger charge is -2.29. The fraction of sp³-hybridized carbons (Fsp3) is 0.526. The number of hydrogen-bond acceptors (Lipinski definition) is 7. The number of carbonyl (C=O) groups is 1. The van der Waals surface area contributed by atoms with Crippen molar-refractivity contribution in [1.82, 2.24) is 4.31 Å². The lowest BCUT2D eigenvalue weighted by atomic mass is 10.2. The highest BCUT2D eigenvalue weighted by atomic mass is 32.2. The van der Waals surface area contributed by atoms with Gasteiger partial charge in [0.2, 0.25) is 0 Å². The van der Waals surface area contributed by atoms with Crippen LogP contribution in [0.5, 0.6) is 0 Å². The highest BCUT2D eigenvalue weighted by Crippen LogP contribution is 2.55. The number of aryl methyl sites for hydroxylation is 1. The van der Waals surface area contributed by atoms with Crippen molar-refractivity contribution in [1.29, 1.82) is 0 Å². The number of carbonyl (C=O) groups excluding carboxylic acids is 1. The molecule has 0 aliphatic carbocycles. The summed E-state index contributed by atoms with van der Waals surface area (Å²) in [5, 5.41) is -0.164. The number of amides is 1. The van der Waals surface area contributed by atoms with Crippen LogP contribution in [0.2, 0.25) is 0 Å². The maximum atomic E-state index is 13.2.